The fourth-order valence-electron chi connectivity index (χ4n) is 4.66. The van der Waals surface area contributed by atoms with E-state index in [1.54, 1.807) is 6.20 Å². The van der Waals surface area contributed by atoms with Crippen LogP contribution >= 0.6 is 0 Å². The molecule has 9 nitrogen and oxygen atoms in total. The van der Waals surface area contributed by atoms with Crippen molar-refractivity contribution in [2.45, 2.75) is 6.42 Å². The van der Waals surface area contributed by atoms with Gasteiger partial charge in [-0.2, -0.15) is 5.10 Å². The second-order valence-electron chi connectivity index (χ2n) is 9.48. The average Bonchev–Trinajstić information content (AvgIpc) is 3.52. The lowest BCUT2D eigenvalue weighted by molar-refractivity contribution is 0.425. The fraction of sp³-hybridized carbons (Fsp3) is 0.259. The number of pyridine rings is 2. The van der Waals surface area contributed by atoms with Gasteiger partial charge in [0, 0.05) is 43.3 Å². The van der Waals surface area contributed by atoms with Crippen LogP contribution in [0.2, 0.25) is 0 Å². The van der Waals surface area contributed by atoms with Crippen LogP contribution in [0.4, 0.5) is 10.1 Å². The van der Waals surface area contributed by atoms with Gasteiger partial charge in [0.05, 0.1) is 16.6 Å². The monoisotopic (exact) mass is 497 g/mol. The number of imidazole rings is 1. The van der Waals surface area contributed by atoms with Gasteiger partial charge in [0.2, 0.25) is 0 Å². The Hall–Kier alpha value is -4.15. The second kappa shape index (κ2) is 9.72. The summed E-state index contributed by atoms with van der Waals surface area (Å²) in [5, 5.41) is 15.1. The molecule has 0 amide bonds. The van der Waals surface area contributed by atoms with Crippen molar-refractivity contribution in [3.63, 3.8) is 0 Å². The van der Waals surface area contributed by atoms with Gasteiger partial charge in [-0.1, -0.05) is 6.08 Å². The highest BCUT2D eigenvalue weighted by Gasteiger charge is 2.18. The summed E-state index contributed by atoms with van der Waals surface area (Å²) < 4.78 is 14.6. The molecule has 10 heteroatoms. The van der Waals surface area contributed by atoms with Crippen LogP contribution in [0.5, 0.6) is 0 Å². The number of likely N-dealkylation sites (N-methyl/N-ethyl adjacent to an activating group) is 1. The average molecular weight is 498 g/mol. The molecular weight excluding hydrogens is 469 g/mol. The lowest BCUT2D eigenvalue weighted by atomic mass is 10.0. The molecule has 0 saturated carbocycles. The van der Waals surface area contributed by atoms with Crippen molar-refractivity contribution < 1.29 is 4.39 Å². The molecule has 188 valence electrons. The van der Waals surface area contributed by atoms with E-state index in [0.717, 1.165) is 42.5 Å². The molecule has 0 saturated heterocycles. The van der Waals surface area contributed by atoms with Crippen LogP contribution in [-0.2, 0) is 0 Å². The van der Waals surface area contributed by atoms with Gasteiger partial charge in [0.15, 0.2) is 11.5 Å². The molecule has 4 N–H and O–H groups in total. The Bertz CT molecular complexity index is 1620. The number of rotatable bonds is 7. The van der Waals surface area contributed by atoms with E-state index in [1.165, 1.54) is 17.7 Å². The lowest BCUT2D eigenvalue weighted by Crippen LogP contribution is -2.20. The van der Waals surface area contributed by atoms with Crippen LogP contribution in [0, 0.1) is 5.82 Å². The van der Waals surface area contributed by atoms with Gasteiger partial charge in [-0.25, -0.2) is 14.4 Å². The molecule has 0 fully saturated rings. The smallest absolute Gasteiger partial charge is 0.159 e. The summed E-state index contributed by atoms with van der Waals surface area (Å²) in [5.74, 6) is 0.276. The maximum absolute atomic E-state index is 14.6. The predicted molar refractivity (Wildman–Crippen MR) is 145 cm³/mol. The number of hydrogen-bond acceptors (Lipinski definition) is 7. The first kappa shape index (κ1) is 23.3. The van der Waals surface area contributed by atoms with E-state index < -0.39 is 0 Å². The zero-order valence-corrected chi connectivity index (χ0v) is 20.8. The predicted octanol–water partition coefficient (Wildman–Crippen LogP) is 4.05. The number of H-pyrrole nitrogens is 2. The van der Waals surface area contributed by atoms with Crippen molar-refractivity contribution in [1.29, 1.82) is 0 Å². The number of aromatic nitrogens is 6. The van der Waals surface area contributed by atoms with E-state index in [9.17, 15) is 4.39 Å². The minimum atomic E-state index is -0.330. The van der Waals surface area contributed by atoms with Crippen molar-refractivity contribution in [2.24, 2.45) is 0 Å². The molecule has 0 aliphatic carbocycles. The summed E-state index contributed by atoms with van der Waals surface area (Å²) in [7, 11) is 4.01. The van der Waals surface area contributed by atoms with E-state index in [1.807, 2.05) is 32.4 Å². The normalized spacial score (nSPS) is 14.0. The van der Waals surface area contributed by atoms with Gasteiger partial charge in [0.1, 0.15) is 17.0 Å². The van der Waals surface area contributed by atoms with Crippen molar-refractivity contribution in [3.05, 3.63) is 60.2 Å². The molecule has 0 spiro atoms. The van der Waals surface area contributed by atoms with Gasteiger partial charge in [-0.3, -0.25) is 10.1 Å². The number of hydrogen-bond donors (Lipinski definition) is 4. The highest BCUT2D eigenvalue weighted by Crippen LogP contribution is 2.32. The summed E-state index contributed by atoms with van der Waals surface area (Å²) in [4.78, 5) is 19.5. The van der Waals surface area contributed by atoms with Gasteiger partial charge in [-0.15, -0.1) is 0 Å². The summed E-state index contributed by atoms with van der Waals surface area (Å²) in [6, 6.07) is 8.86. The summed E-state index contributed by atoms with van der Waals surface area (Å²) in [6.07, 6.45) is 6.75. The molecule has 5 heterocycles. The first-order valence-electron chi connectivity index (χ1n) is 12.3. The number of benzene rings is 1. The van der Waals surface area contributed by atoms with E-state index in [-0.39, 0.29) is 5.82 Å². The molecule has 1 aromatic carbocycles. The fourth-order valence-corrected chi connectivity index (χ4v) is 4.66. The zero-order chi connectivity index (χ0) is 25.4. The van der Waals surface area contributed by atoms with Crippen molar-refractivity contribution in [3.8, 4) is 22.8 Å². The van der Waals surface area contributed by atoms with Gasteiger partial charge >= 0.3 is 0 Å². The Balaban J connectivity index is 1.39. The van der Waals surface area contributed by atoms with Gasteiger partial charge < -0.3 is 20.5 Å². The molecule has 5 aromatic rings. The SMILES string of the molecule is CN(C)CCNc1cc(F)cc(-c2nccc3[nH]c(-c4n[nH]c5ncc(C6=CCNCC6)cc45)nc23)c1. The standard InChI is InChI=1S/C27H28FN9/c1-37(2)10-9-30-20-12-17(11-19(28)14-20)23-25-22(5-8-31-23)33-27(34-25)24-21-13-18(15-32-26(21)36-35-24)16-3-6-29-7-4-16/h3,5,8,11-15,29-30H,4,6-7,9-10H2,1-2H3,(H,33,34)(H,32,35,36). The van der Waals surface area contributed by atoms with Crippen LogP contribution in [0.25, 0.3) is 50.4 Å². The summed E-state index contributed by atoms with van der Waals surface area (Å²) in [5.41, 5.74) is 7.17. The van der Waals surface area contributed by atoms with E-state index in [0.29, 0.717) is 46.2 Å². The molecule has 0 atom stereocenters. The largest absolute Gasteiger partial charge is 0.384 e. The number of nitrogens with zero attached hydrogens (tertiary/aromatic N) is 5. The number of anilines is 1. The van der Waals surface area contributed by atoms with Crippen molar-refractivity contribution >= 4 is 33.3 Å². The third-order valence-electron chi connectivity index (χ3n) is 6.54. The second-order valence-corrected chi connectivity index (χ2v) is 9.48. The molecule has 37 heavy (non-hydrogen) atoms. The first-order valence-corrected chi connectivity index (χ1v) is 12.3. The lowest BCUT2D eigenvalue weighted by Gasteiger charge is -2.13. The first-order chi connectivity index (χ1) is 18.0. The van der Waals surface area contributed by atoms with Crippen LogP contribution in [0.3, 0.4) is 0 Å². The number of fused-ring (bicyclic) bond motifs is 2. The van der Waals surface area contributed by atoms with E-state index >= 15 is 0 Å². The van der Waals surface area contributed by atoms with E-state index in [4.69, 9.17) is 4.98 Å². The molecular formula is C27H28FN9. The number of nitrogens with one attached hydrogen (secondary N) is 4. The van der Waals surface area contributed by atoms with Crippen LogP contribution in [-0.4, -0.2) is 75.3 Å². The summed E-state index contributed by atoms with van der Waals surface area (Å²) in [6.45, 7) is 3.35. The molecule has 0 bridgehead atoms. The molecule has 4 aromatic heterocycles. The Labute approximate surface area is 213 Å². The van der Waals surface area contributed by atoms with Crippen molar-refractivity contribution in [1.82, 2.24) is 40.3 Å². The van der Waals surface area contributed by atoms with Crippen LogP contribution < -0.4 is 10.6 Å². The third kappa shape index (κ3) is 4.68. The number of aromatic amines is 2. The summed E-state index contributed by atoms with van der Waals surface area (Å²) >= 11 is 0. The van der Waals surface area contributed by atoms with Crippen LogP contribution in [0.1, 0.15) is 12.0 Å². The minimum Gasteiger partial charge on any atom is -0.384 e. The highest BCUT2D eigenvalue weighted by molar-refractivity contribution is 5.96. The van der Waals surface area contributed by atoms with E-state index in [2.05, 4.69) is 52.8 Å². The minimum absolute atomic E-state index is 0.330. The highest BCUT2D eigenvalue weighted by atomic mass is 19.1. The maximum atomic E-state index is 14.6. The molecule has 0 unspecified atom stereocenters. The Kier molecular flexibility index (Phi) is 6.11. The molecule has 1 aliphatic rings. The molecule has 1 aliphatic heterocycles. The topological polar surface area (TPSA) is 110 Å². The van der Waals surface area contributed by atoms with Crippen molar-refractivity contribution in [2.75, 3.05) is 45.6 Å². The Morgan fingerprint density at radius 3 is 2.84 bits per heavy atom. The van der Waals surface area contributed by atoms with Gasteiger partial charge in [-0.05, 0) is 68.5 Å². The maximum Gasteiger partial charge on any atom is 0.159 e. The van der Waals surface area contributed by atoms with Crippen LogP contribution in [0.15, 0.2) is 48.8 Å². The molecule has 0 radical (unpaired) electrons. The zero-order valence-electron chi connectivity index (χ0n) is 20.8. The van der Waals surface area contributed by atoms with Gasteiger partial charge in [0.25, 0.3) is 0 Å². The Morgan fingerprint density at radius 2 is 2.00 bits per heavy atom. The molecule has 6 rings (SSSR count). The number of halogens is 1. The third-order valence-corrected chi connectivity index (χ3v) is 6.54. The Morgan fingerprint density at radius 1 is 1.08 bits per heavy atom. The quantitative estimate of drug-likeness (QED) is 0.268.